The lowest BCUT2D eigenvalue weighted by molar-refractivity contribution is -0.153. The van der Waals surface area contributed by atoms with Crippen LogP contribution in [0.4, 0.5) is 0 Å². The van der Waals surface area contributed by atoms with Crippen LogP contribution < -0.4 is 5.73 Å². The average Bonchev–Trinajstić information content (AvgIpc) is 3.07. The first-order valence-electron chi connectivity index (χ1n) is 19.5. The molecule has 0 aromatic rings. The lowest BCUT2D eigenvalue weighted by Crippen LogP contribution is -2.27. The SMILES string of the molecule is CCCCCC/C=C\CCCCCCCC/C=C\OC[C@H](COP(=O)(O)OCCN)OC(=O)CCCCCCC/C=C\CCCCCC. The zero-order valence-corrected chi connectivity index (χ0v) is 31.9. The number of carbonyl (C=O) groups is 1. The molecule has 1 unspecified atom stereocenters. The second kappa shape index (κ2) is 36.8. The van der Waals surface area contributed by atoms with Gasteiger partial charge in [0, 0.05) is 13.0 Å². The van der Waals surface area contributed by atoms with Gasteiger partial charge in [-0.1, -0.05) is 122 Å². The van der Waals surface area contributed by atoms with Gasteiger partial charge < -0.3 is 20.1 Å². The van der Waals surface area contributed by atoms with Crippen LogP contribution in [0, 0.1) is 0 Å². The van der Waals surface area contributed by atoms with Crippen molar-refractivity contribution in [3.63, 3.8) is 0 Å². The van der Waals surface area contributed by atoms with Crippen LogP contribution in [0.15, 0.2) is 36.6 Å². The zero-order chi connectivity index (χ0) is 35.2. The van der Waals surface area contributed by atoms with E-state index in [0.717, 1.165) is 44.9 Å². The summed E-state index contributed by atoms with van der Waals surface area (Å²) in [5.74, 6) is -0.365. The number of unbranched alkanes of at least 4 members (excludes halogenated alkanes) is 20. The van der Waals surface area contributed by atoms with E-state index in [1.807, 2.05) is 6.08 Å². The van der Waals surface area contributed by atoms with E-state index in [-0.39, 0.29) is 32.3 Å². The van der Waals surface area contributed by atoms with Crippen molar-refractivity contribution in [2.24, 2.45) is 5.73 Å². The summed E-state index contributed by atoms with van der Waals surface area (Å²) in [6.07, 6.45) is 41.0. The maximum absolute atomic E-state index is 12.5. The van der Waals surface area contributed by atoms with Gasteiger partial charge in [0.1, 0.15) is 6.61 Å². The van der Waals surface area contributed by atoms with Crippen LogP contribution in [-0.2, 0) is 27.9 Å². The van der Waals surface area contributed by atoms with E-state index in [0.29, 0.717) is 6.42 Å². The second-order valence-corrected chi connectivity index (χ2v) is 14.3. The number of esters is 1. The highest BCUT2D eigenvalue weighted by atomic mass is 31.2. The fourth-order valence-electron chi connectivity index (χ4n) is 5.19. The molecule has 0 spiro atoms. The molecule has 0 fully saturated rings. The standard InChI is InChI=1S/C39H74NO7P/c1-3-5-7-9-11-13-15-17-18-19-21-23-25-27-29-31-34-44-36-38(37-46-48(42,43)45-35-33-40)47-39(41)32-30-28-26-24-22-20-16-14-12-10-8-6-4-2/h13-16,31,34,38H,3-12,17-30,32-33,35-37,40H2,1-2H3,(H,42,43)/b15-13-,16-14-,34-31-/t38-/m1/s1. The Hall–Kier alpha value is -1.44. The summed E-state index contributed by atoms with van der Waals surface area (Å²) < 4.78 is 33.0. The van der Waals surface area contributed by atoms with E-state index < -0.39 is 13.9 Å². The molecular formula is C39H74NO7P. The van der Waals surface area contributed by atoms with Crippen molar-refractivity contribution in [1.29, 1.82) is 0 Å². The van der Waals surface area contributed by atoms with E-state index in [2.05, 4.69) is 38.2 Å². The third-order valence-corrected chi connectivity index (χ3v) is 9.08. The minimum absolute atomic E-state index is 0.0262. The Morgan fingerprint density at radius 3 is 1.54 bits per heavy atom. The van der Waals surface area contributed by atoms with E-state index in [9.17, 15) is 14.3 Å². The number of ether oxygens (including phenoxy) is 2. The lowest BCUT2D eigenvalue weighted by Gasteiger charge is -2.19. The highest BCUT2D eigenvalue weighted by Gasteiger charge is 2.25. The first-order valence-corrected chi connectivity index (χ1v) is 21.0. The molecule has 48 heavy (non-hydrogen) atoms. The van der Waals surface area contributed by atoms with Gasteiger partial charge in [-0.05, 0) is 76.7 Å². The van der Waals surface area contributed by atoms with Crippen molar-refractivity contribution in [3.05, 3.63) is 36.6 Å². The Kier molecular flexibility index (Phi) is 35.7. The summed E-state index contributed by atoms with van der Waals surface area (Å²) in [5.41, 5.74) is 5.35. The highest BCUT2D eigenvalue weighted by molar-refractivity contribution is 7.47. The van der Waals surface area contributed by atoms with Crippen LogP contribution in [0.3, 0.4) is 0 Å². The molecule has 0 saturated carbocycles. The minimum Gasteiger partial charge on any atom is -0.498 e. The molecule has 0 rings (SSSR count). The van der Waals surface area contributed by atoms with Gasteiger partial charge in [-0.25, -0.2) is 4.57 Å². The monoisotopic (exact) mass is 700 g/mol. The maximum Gasteiger partial charge on any atom is 0.472 e. The number of nitrogens with two attached hydrogens (primary N) is 1. The molecule has 0 amide bonds. The van der Waals surface area contributed by atoms with Crippen LogP contribution in [0.5, 0.6) is 0 Å². The van der Waals surface area contributed by atoms with Crippen molar-refractivity contribution < 1.29 is 32.8 Å². The van der Waals surface area contributed by atoms with Crippen molar-refractivity contribution in [2.45, 2.75) is 180 Å². The fraction of sp³-hybridized carbons (Fsp3) is 0.821. The first kappa shape index (κ1) is 46.6. The normalized spacial score (nSPS) is 13.9. The Bertz CT molecular complexity index is 833. The van der Waals surface area contributed by atoms with Crippen LogP contribution in [0.25, 0.3) is 0 Å². The molecule has 3 N–H and O–H groups in total. The zero-order valence-electron chi connectivity index (χ0n) is 31.0. The van der Waals surface area contributed by atoms with Crippen LogP contribution >= 0.6 is 7.82 Å². The van der Waals surface area contributed by atoms with Crippen LogP contribution in [0.2, 0.25) is 0 Å². The number of hydrogen-bond acceptors (Lipinski definition) is 7. The van der Waals surface area contributed by atoms with E-state index >= 15 is 0 Å². The van der Waals surface area contributed by atoms with Gasteiger partial charge in [-0.15, -0.1) is 0 Å². The third-order valence-electron chi connectivity index (χ3n) is 8.09. The molecule has 0 radical (unpaired) electrons. The van der Waals surface area contributed by atoms with Gasteiger partial charge in [0.15, 0.2) is 6.10 Å². The molecule has 0 saturated heterocycles. The first-order chi connectivity index (χ1) is 23.4. The van der Waals surface area contributed by atoms with Gasteiger partial charge in [-0.2, -0.15) is 0 Å². The molecule has 0 heterocycles. The summed E-state index contributed by atoms with van der Waals surface area (Å²) in [5, 5.41) is 0. The molecule has 2 atom stereocenters. The smallest absolute Gasteiger partial charge is 0.472 e. The summed E-state index contributed by atoms with van der Waals surface area (Å²) in [7, 11) is -4.29. The number of phosphoric ester groups is 1. The number of phosphoric acid groups is 1. The molecule has 0 aromatic heterocycles. The predicted molar refractivity (Wildman–Crippen MR) is 201 cm³/mol. The van der Waals surface area contributed by atoms with Gasteiger partial charge in [0.05, 0.1) is 19.5 Å². The summed E-state index contributed by atoms with van der Waals surface area (Å²) >= 11 is 0. The molecule has 9 heteroatoms. The number of rotatable bonds is 37. The average molecular weight is 700 g/mol. The molecule has 0 aliphatic heterocycles. The second-order valence-electron chi connectivity index (χ2n) is 12.8. The Morgan fingerprint density at radius 1 is 0.625 bits per heavy atom. The quantitative estimate of drug-likeness (QED) is 0.0216. The van der Waals surface area contributed by atoms with Gasteiger partial charge in [0.25, 0.3) is 0 Å². The van der Waals surface area contributed by atoms with Gasteiger partial charge >= 0.3 is 13.8 Å². The Balaban J connectivity index is 4.15. The maximum atomic E-state index is 12.5. The van der Waals surface area contributed by atoms with Crippen molar-refractivity contribution in [2.75, 3.05) is 26.4 Å². The van der Waals surface area contributed by atoms with Gasteiger partial charge in [0.2, 0.25) is 0 Å². The molecule has 0 aliphatic rings. The van der Waals surface area contributed by atoms with Crippen LogP contribution in [-0.4, -0.2) is 43.3 Å². The molecule has 0 aliphatic carbocycles. The summed E-state index contributed by atoms with van der Waals surface area (Å²) in [6, 6.07) is 0. The molecule has 0 aromatic carbocycles. The van der Waals surface area contributed by atoms with Crippen molar-refractivity contribution in [1.82, 2.24) is 0 Å². The highest BCUT2D eigenvalue weighted by Crippen LogP contribution is 2.43. The van der Waals surface area contributed by atoms with Crippen molar-refractivity contribution >= 4 is 13.8 Å². The largest absolute Gasteiger partial charge is 0.498 e. The number of allylic oxidation sites excluding steroid dienone is 5. The Morgan fingerprint density at radius 2 is 1.06 bits per heavy atom. The van der Waals surface area contributed by atoms with E-state index in [4.69, 9.17) is 24.3 Å². The number of hydrogen-bond donors (Lipinski definition) is 2. The predicted octanol–water partition coefficient (Wildman–Crippen LogP) is 11.4. The Labute approximate surface area is 295 Å². The van der Waals surface area contributed by atoms with E-state index in [1.54, 1.807) is 6.26 Å². The number of carbonyl (C=O) groups excluding carboxylic acids is 1. The van der Waals surface area contributed by atoms with E-state index in [1.165, 1.54) is 109 Å². The summed E-state index contributed by atoms with van der Waals surface area (Å²) in [4.78, 5) is 22.3. The summed E-state index contributed by atoms with van der Waals surface area (Å²) in [6.45, 7) is 4.19. The third kappa shape index (κ3) is 35.9. The molecule has 282 valence electrons. The van der Waals surface area contributed by atoms with Crippen LogP contribution in [0.1, 0.15) is 174 Å². The lowest BCUT2D eigenvalue weighted by atomic mass is 10.1. The molecule has 0 bridgehead atoms. The minimum atomic E-state index is -4.29. The van der Waals surface area contributed by atoms with Gasteiger partial charge in [-0.3, -0.25) is 13.8 Å². The molecule has 8 nitrogen and oxygen atoms in total. The topological polar surface area (TPSA) is 117 Å². The van der Waals surface area contributed by atoms with Crippen molar-refractivity contribution in [3.8, 4) is 0 Å². The fourth-order valence-corrected chi connectivity index (χ4v) is 5.95. The molecular weight excluding hydrogens is 625 g/mol.